The van der Waals surface area contributed by atoms with Gasteiger partial charge in [0, 0.05) is 51.2 Å². The molecule has 2 aromatic rings. The average molecular weight is 273 g/mol. The van der Waals surface area contributed by atoms with Crippen molar-refractivity contribution in [1.82, 2.24) is 19.2 Å². The van der Waals surface area contributed by atoms with Crippen LogP contribution in [-0.2, 0) is 6.54 Å². The molecule has 0 aliphatic carbocycles. The Kier molecular flexibility index (Phi) is 3.74. The molecule has 108 valence electrons. The van der Waals surface area contributed by atoms with Crippen molar-refractivity contribution in [3.8, 4) is 0 Å². The number of piperazine rings is 1. The fraction of sp³-hybridized carbons (Fsp3) is 0.533. The van der Waals surface area contributed by atoms with Crippen molar-refractivity contribution < 1.29 is 0 Å². The molecule has 0 amide bonds. The smallest absolute Gasteiger partial charge is 0.139 e. The summed E-state index contributed by atoms with van der Waals surface area (Å²) in [7, 11) is 2.16. The summed E-state index contributed by atoms with van der Waals surface area (Å²) in [5.74, 6) is 0. The van der Waals surface area contributed by atoms with Crippen LogP contribution in [-0.4, -0.2) is 58.5 Å². The van der Waals surface area contributed by atoms with Crippen molar-refractivity contribution in [3.05, 3.63) is 35.8 Å². The Labute approximate surface area is 120 Å². The maximum absolute atomic E-state index is 5.91. The molecule has 3 heterocycles. The van der Waals surface area contributed by atoms with E-state index in [1.165, 1.54) is 5.56 Å². The van der Waals surface area contributed by atoms with Crippen LogP contribution in [0.2, 0.25) is 0 Å². The maximum Gasteiger partial charge on any atom is 0.139 e. The van der Waals surface area contributed by atoms with Crippen molar-refractivity contribution in [2.45, 2.75) is 19.5 Å². The highest BCUT2D eigenvalue weighted by molar-refractivity contribution is 5.47. The Bertz CT molecular complexity index is 591. The van der Waals surface area contributed by atoms with Crippen LogP contribution >= 0.6 is 0 Å². The van der Waals surface area contributed by atoms with E-state index in [-0.39, 0.29) is 0 Å². The van der Waals surface area contributed by atoms with Crippen molar-refractivity contribution in [2.75, 3.05) is 33.2 Å². The SMILES string of the molecule is Cc1cccn2cc(CN3CCN(C)CC3CN)nc12. The van der Waals surface area contributed by atoms with Gasteiger partial charge in [-0.05, 0) is 25.6 Å². The molecule has 0 bridgehead atoms. The van der Waals surface area contributed by atoms with E-state index in [1.807, 2.05) is 0 Å². The number of likely N-dealkylation sites (N-methyl/N-ethyl adjacent to an activating group) is 1. The molecule has 2 aromatic heterocycles. The number of imidazole rings is 1. The van der Waals surface area contributed by atoms with Gasteiger partial charge >= 0.3 is 0 Å². The Balaban J connectivity index is 1.80. The molecule has 5 nitrogen and oxygen atoms in total. The van der Waals surface area contributed by atoms with E-state index in [1.54, 1.807) is 0 Å². The summed E-state index contributed by atoms with van der Waals surface area (Å²) in [6.07, 6.45) is 4.19. The van der Waals surface area contributed by atoms with Crippen LogP contribution < -0.4 is 5.73 Å². The van der Waals surface area contributed by atoms with Crippen molar-refractivity contribution >= 4 is 5.65 Å². The van der Waals surface area contributed by atoms with Gasteiger partial charge in [-0.2, -0.15) is 0 Å². The average Bonchev–Trinajstić information content (AvgIpc) is 2.85. The summed E-state index contributed by atoms with van der Waals surface area (Å²) in [6.45, 7) is 6.90. The number of hydrogen-bond acceptors (Lipinski definition) is 4. The molecule has 5 heteroatoms. The highest BCUT2D eigenvalue weighted by Crippen LogP contribution is 2.15. The third-order valence-electron chi connectivity index (χ3n) is 4.17. The Hall–Kier alpha value is -1.43. The van der Waals surface area contributed by atoms with Crippen LogP contribution in [0.1, 0.15) is 11.3 Å². The third-order valence-corrected chi connectivity index (χ3v) is 4.17. The summed E-state index contributed by atoms with van der Waals surface area (Å²) in [6, 6.07) is 4.59. The molecular formula is C15H23N5. The first kappa shape index (κ1) is 13.5. The highest BCUT2D eigenvalue weighted by atomic mass is 15.3. The second-order valence-corrected chi connectivity index (χ2v) is 5.78. The molecule has 1 saturated heterocycles. The summed E-state index contributed by atoms with van der Waals surface area (Å²) < 4.78 is 2.11. The number of nitrogens with zero attached hydrogens (tertiary/aromatic N) is 4. The van der Waals surface area contributed by atoms with Gasteiger partial charge in [-0.1, -0.05) is 6.07 Å². The van der Waals surface area contributed by atoms with E-state index in [4.69, 9.17) is 10.7 Å². The molecule has 1 fully saturated rings. The third kappa shape index (κ3) is 2.57. The summed E-state index contributed by atoms with van der Waals surface area (Å²) in [5.41, 5.74) is 9.31. The minimum Gasteiger partial charge on any atom is -0.329 e. The van der Waals surface area contributed by atoms with E-state index >= 15 is 0 Å². The topological polar surface area (TPSA) is 49.8 Å². The van der Waals surface area contributed by atoms with Crippen LogP contribution in [0.25, 0.3) is 5.65 Å². The molecule has 1 unspecified atom stereocenters. The van der Waals surface area contributed by atoms with Gasteiger partial charge in [0.1, 0.15) is 5.65 Å². The first-order valence-electron chi connectivity index (χ1n) is 7.23. The number of nitrogens with two attached hydrogens (primary N) is 1. The van der Waals surface area contributed by atoms with Gasteiger partial charge in [0.2, 0.25) is 0 Å². The van der Waals surface area contributed by atoms with Crippen LogP contribution in [0.4, 0.5) is 0 Å². The monoisotopic (exact) mass is 273 g/mol. The fourth-order valence-electron chi connectivity index (χ4n) is 2.97. The second-order valence-electron chi connectivity index (χ2n) is 5.78. The molecule has 1 aliphatic rings. The normalized spacial score (nSPS) is 21.6. The zero-order chi connectivity index (χ0) is 14.1. The molecule has 3 rings (SSSR count). The molecule has 0 spiro atoms. The first-order valence-corrected chi connectivity index (χ1v) is 7.23. The maximum atomic E-state index is 5.91. The molecule has 2 N–H and O–H groups in total. The number of rotatable bonds is 3. The fourth-order valence-corrected chi connectivity index (χ4v) is 2.97. The number of pyridine rings is 1. The lowest BCUT2D eigenvalue weighted by molar-refractivity contribution is 0.0871. The summed E-state index contributed by atoms with van der Waals surface area (Å²) in [5, 5.41) is 0. The van der Waals surface area contributed by atoms with Crippen LogP contribution in [0, 0.1) is 6.92 Å². The van der Waals surface area contributed by atoms with Gasteiger partial charge in [-0.3, -0.25) is 4.90 Å². The molecule has 0 aromatic carbocycles. The van der Waals surface area contributed by atoms with E-state index in [0.717, 1.165) is 37.5 Å². The van der Waals surface area contributed by atoms with Gasteiger partial charge in [-0.25, -0.2) is 4.98 Å². The van der Waals surface area contributed by atoms with Gasteiger partial charge < -0.3 is 15.0 Å². The lowest BCUT2D eigenvalue weighted by Gasteiger charge is -2.39. The lowest BCUT2D eigenvalue weighted by atomic mass is 10.1. The first-order chi connectivity index (χ1) is 9.67. The van der Waals surface area contributed by atoms with Crippen LogP contribution in [0.15, 0.2) is 24.5 Å². The van der Waals surface area contributed by atoms with E-state index in [0.29, 0.717) is 12.6 Å². The molecule has 0 radical (unpaired) electrons. The summed E-state index contributed by atoms with van der Waals surface area (Å²) >= 11 is 0. The second kappa shape index (κ2) is 5.52. The number of aryl methyl sites for hydroxylation is 1. The molecule has 0 saturated carbocycles. The molecular weight excluding hydrogens is 250 g/mol. The van der Waals surface area contributed by atoms with E-state index in [2.05, 4.69) is 52.7 Å². The van der Waals surface area contributed by atoms with E-state index < -0.39 is 0 Å². The lowest BCUT2D eigenvalue weighted by Crippen LogP contribution is -2.54. The van der Waals surface area contributed by atoms with Gasteiger partial charge in [0.05, 0.1) is 5.69 Å². The zero-order valence-corrected chi connectivity index (χ0v) is 12.3. The van der Waals surface area contributed by atoms with Crippen molar-refractivity contribution in [2.24, 2.45) is 5.73 Å². The zero-order valence-electron chi connectivity index (χ0n) is 12.3. The molecule has 1 atom stereocenters. The molecule has 20 heavy (non-hydrogen) atoms. The van der Waals surface area contributed by atoms with Gasteiger partial charge in [0.15, 0.2) is 0 Å². The largest absolute Gasteiger partial charge is 0.329 e. The van der Waals surface area contributed by atoms with Gasteiger partial charge in [0.25, 0.3) is 0 Å². The number of aromatic nitrogens is 2. The minimum absolute atomic E-state index is 0.430. The number of fused-ring (bicyclic) bond motifs is 1. The Morgan fingerprint density at radius 2 is 2.25 bits per heavy atom. The standard InChI is InChI=1S/C15H23N5/c1-12-4-3-5-20-10-13(17-15(12)20)9-19-7-6-18(2)11-14(19)8-16/h3-5,10,14H,6-9,11,16H2,1-2H3. The quantitative estimate of drug-likeness (QED) is 0.895. The van der Waals surface area contributed by atoms with E-state index in [9.17, 15) is 0 Å². The predicted octanol–water partition coefficient (Wildman–Crippen LogP) is 0.717. The number of hydrogen-bond donors (Lipinski definition) is 1. The predicted molar refractivity (Wildman–Crippen MR) is 80.7 cm³/mol. The Morgan fingerprint density at radius 1 is 1.40 bits per heavy atom. The summed E-state index contributed by atoms with van der Waals surface area (Å²) in [4.78, 5) is 9.57. The van der Waals surface area contributed by atoms with Crippen LogP contribution in [0.3, 0.4) is 0 Å². The minimum atomic E-state index is 0.430. The van der Waals surface area contributed by atoms with Crippen molar-refractivity contribution in [3.63, 3.8) is 0 Å². The highest BCUT2D eigenvalue weighted by Gasteiger charge is 2.24. The van der Waals surface area contributed by atoms with Crippen LogP contribution in [0.5, 0.6) is 0 Å². The Morgan fingerprint density at radius 3 is 3.00 bits per heavy atom. The molecule has 1 aliphatic heterocycles. The van der Waals surface area contributed by atoms with Gasteiger partial charge in [-0.15, -0.1) is 0 Å². The van der Waals surface area contributed by atoms with Crippen molar-refractivity contribution in [1.29, 1.82) is 0 Å².